The quantitative estimate of drug-likeness (QED) is 0.561. The molecule has 0 amide bonds. The lowest BCUT2D eigenvalue weighted by Gasteiger charge is -2.12. The van der Waals surface area contributed by atoms with E-state index in [9.17, 15) is 0 Å². The van der Waals surface area contributed by atoms with Gasteiger partial charge in [-0.25, -0.2) is 4.68 Å². The van der Waals surface area contributed by atoms with E-state index in [0.717, 1.165) is 18.2 Å². The molecule has 122 valence electrons. The second-order valence-corrected chi connectivity index (χ2v) is 5.38. The number of aromatic nitrogens is 2. The van der Waals surface area contributed by atoms with Gasteiger partial charge in [0.25, 0.3) is 0 Å². The molecule has 0 atom stereocenters. The molecule has 0 spiro atoms. The molecule has 0 fully saturated rings. The number of nitrogens with one attached hydrogen (secondary N) is 2. The van der Waals surface area contributed by atoms with Crippen molar-refractivity contribution in [2.75, 3.05) is 7.05 Å². The second kappa shape index (κ2) is 7.97. The first-order chi connectivity index (χ1) is 11.8. The SMILES string of the molecule is CN=C(NCc1ccccc1)NCc1ccc(-n2cccn2)cc1. The molecule has 3 aromatic rings. The lowest BCUT2D eigenvalue weighted by Crippen LogP contribution is -2.36. The van der Waals surface area contributed by atoms with Crippen molar-refractivity contribution in [2.45, 2.75) is 13.1 Å². The molecule has 3 rings (SSSR count). The average molecular weight is 319 g/mol. The first-order valence-electron chi connectivity index (χ1n) is 7.92. The summed E-state index contributed by atoms with van der Waals surface area (Å²) in [5.74, 6) is 0.787. The largest absolute Gasteiger partial charge is 0.352 e. The standard InChI is InChI=1S/C19H21N5/c1-20-19(21-14-16-6-3-2-4-7-16)22-15-17-8-10-18(11-9-17)24-13-5-12-23-24/h2-13H,14-15H2,1H3,(H2,20,21,22). The van der Waals surface area contributed by atoms with Crippen LogP contribution in [0, 0.1) is 0 Å². The van der Waals surface area contributed by atoms with Crippen molar-refractivity contribution in [1.82, 2.24) is 20.4 Å². The Balaban J connectivity index is 1.52. The zero-order valence-electron chi connectivity index (χ0n) is 13.7. The van der Waals surface area contributed by atoms with Crippen LogP contribution in [-0.2, 0) is 13.1 Å². The lowest BCUT2D eigenvalue weighted by atomic mass is 10.2. The molecule has 0 saturated carbocycles. The molecule has 0 radical (unpaired) electrons. The molecule has 0 unspecified atom stereocenters. The van der Waals surface area contributed by atoms with Gasteiger partial charge in [0, 0.05) is 32.5 Å². The van der Waals surface area contributed by atoms with E-state index in [2.05, 4.69) is 57.1 Å². The van der Waals surface area contributed by atoms with E-state index in [1.807, 2.05) is 35.1 Å². The number of nitrogens with zero attached hydrogens (tertiary/aromatic N) is 3. The smallest absolute Gasteiger partial charge is 0.191 e. The fourth-order valence-electron chi connectivity index (χ4n) is 2.38. The summed E-state index contributed by atoms with van der Waals surface area (Å²) in [6.07, 6.45) is 3.71. The Bertz CT molecular complexity index is 761. The van der Waals surface area contributed by atoms with Crippen molar-refractivity contribution in [1.29, 1.82) is 0 Å². The Labute approximate surface area is 142 Å². The molecule has 1 aromatic heterocycles. The predicted octanol–water partition coefficient (Wildman–Crippen LogP) is 2.74. The van der Waals surface area contributed by atoms with Crippen LogP contribution in [0.2, 0.25) is 0 Å². The number of hydrogen-bond donors (Lipinski definition) is 2. The van der Waals surface area contributed by atoms with Crippen LogP contribution in [0.15, 0.2) is 78.0 Å². The van der Waals surface area contributed by atoms with Gasteiger partial charge < -0.3 is 10.6 Å². The second-order valence-electron chi connectivity index (χ2n) is 5.38. The Hall–Kier alpha value is -3.08. The molecule has 24 heavy (non-hydrogen) atoms. The molecule has 2 N–H and O–H groups in total. The summed E-state index contributed by atoms with van der Waals surface area (Å²) >= 11 is 0. The number of benzene rings is 2. The Kier molecular flexibility index (Phi) is 5.24. The minimum atomic E-state index is 0.716. The number of guanidine groups is 1. The molecular formula is C19H21N5. The normalized spacial score (nSPS) is 11.3. The molecule has 0 saturated heterocycles. The highest BCUT2D eigenvalue weighted by atomic mass is 15.3. The van der Waals surface area contributed by atoms with Crippen molar-refractivity contribution >= 4 is 5.96 Å². The summed E-state index contributed by atoms with van der Waals surface area (Å²) in [6, 6.07) is 20.5. The van der Waals surface area contributed by atoms with E-state index >= 15 is 0 Å². The lowest BCUT2D eigenvalue weighted by molar-refractivity contribution is 0.808. The molecule has 5 nitrogen and oxygen atoms in total. The Morgan fingerprint density at radius 1 is 0.917 bits per heavy atom. The maximum absolute atomic E-state index is 4.26. The summed E-state index contributed by atoms with van der Waals surface area (Å²) in [4.78, 5) is 4.26. The monoisotopic (exact) mass is 319 g/mol. The summed E-state index contributed by atoms with van der Waals surface area (Å²) < 4.78 is 1.84. The highest BCUT2D eigenvalue weighted by molar-refractivity contribution is 5.79. The fourth-order valence-corrected chi connectivity index (χ4v) is 2.38. The molecule has 1 heterocycles. The highest BCUT2D eigenvalue weighted by Crippen LogP contribution is 2.08. The van der Waals surface area contributed by atoms with Crippen LogP contribution >= 0.6 is 0 Å². The third kappa shape index (κ3) is 4.23. The van der Waals surface area contributed by atoms with E-state index in [1.165, 1.54) is 11.1 Å². The number of rotatable bonds is 5. The first kappa shape index (κ1) is 15.8. The van der Waals surface area contributed by atoms with Crippen molar-refractivity contribution in [2.24, 2.45) is 4.99 Å². The van der Waals surface area contributed by atoms with Crippen molar-refractivity contribution < 1.29 is 0 Å². The van der Waals surface area contributed by atoms with E-state index < -0.39 is 0 Å². The van der Waals surface area contributed by atoms with E-state index in [1.54, 1.807) is 13.2 Å². The fraction of sp³-hybridized carbons (Fsp3) is 0.158. The van der Waals surface area contributed by atoms with Crippen molar-refractivity contribution in [3.8, 4) is 5.69 Å². The van der Waals surface area contributed by atoms with Gasteiger partial charge in [0.15, 0.2) is 5.96 Å². The van der Waals surface area contributed by atoms with Gasteiger partial charge in [0.1, 0.15) is 0 Å². The van der Waals surface area contributed by atoms with Gasteiger partial charge >= 0.3 is 0 Å². The zero-order valence-corrected chi connectivity index (χ0v) is 13.7. The van der Waals surface area contributed by atoms with Crippen LogP contribution in [0.3, 0.4) is 0 Å². The topological polar surface area (TPSA) is 54.2 Å². The maximum Gasteiger partial charge on any atom is 0.191 e. The van der Waals surface area contributed by atoms with Crippen LogP contribution in [0.5, 0.6) is 0 Å². The van der Waals surface area contributed by atoms with Crippen molar-refractivity contribution in [3.63, 3.8) is 0 Å². The first-order valence-corrected chi connectivity index (χ1v) is 7.92. The number of hydrogen-bond acceptors (Lipinski definition) is 2. The van der Waals surface area contributed by atoms with Gasteiger partial charge in [-0.1, -0.05) is 42.5 Å². The minimum Gasteiger partial charge on any atom is -0.352 e. The van der Waals surface area contributed by atoms with Gasteiger partial charge in [0.2, 0.25) is 0 Å². The number of aliphatic imine (C=N–C) groups is 1. The van der Waals surface area contributed by atoms with Crippen LogP contribution in [0.25, 0.3) is 5.69 Å². The molecule has 5 heteroatoms. The Morgan fingerprint density at radius 2 is 1.58 bits per heavy atom. The summed E-state index contributed by atoms with van der Waals surface area (Å²) in [7, 11) is 1.78. The van der Waals surface area contributed by atoms with Gasteiger partial charge in [0.05, 0.1) is 5.69 Å². The van der Waals surface area contributed by atoms with Crippen molar-refractivity contribution in [3.05, 3.63) is 84.2 Å². The van der Waals surface area contributed by atoms with Crippen LogP contribution in [0.4, 0.5) is 0 Å². The zero-order chi connectivity index (χ0) is 16.6. The molecule has 0 aliphatic rings. The minimum absolute atomic E-state index is 0.716. The van der Waals surface area contributed by atoms with Crippen LogP contribution < -0.4 is 10.6 Å². The van der Waals surface area contributed by atoms with Gasteiger partial charge in [-0.15, -0.1) is 0 Å². The summed E-state index contributed by atoms with van der Waals surface area (Å²) in [6.45, 7) is 1.46. The van der Waals surface area contributed by atoms with Crippen LogP contribution in [0.1, 0.15) is 11.1 Å². The van der Waals surface area contributed by atoms with E-state index in [4.69, 9.17) is 0 Å². The highest BCUT2D eigenvalue weighted by Gasteiger charge is 2.00. The van der Waals surface area contributed by atoms with Gasteiger partial charge in [-0.2, -0.15) is 5.10 Å². The Morgan fingerprint density at radius 3 is 2.17 bits per heavy atom. The third-order valence-corrected chi connectivity index (χ3v) is 3.69. The maximum atomic E-state index is 4.26. The molecule has 2 aromatic carbocycles. The summed E-state index contributed by atoms with van der Waals surface area (Å²) in [5, 5.41) is 10.9. The summed E-state index contributed by atoms with van der Waals surface area (Å²) in [5.41, 5.74) is 3.47. The molecule has 0 bridgehead atoms. The molecule has 0 aliphatic carbocycles. The van der Waals surface area contributed by atoms with Gasteiger partial charge in [-0.05, 0) is 29.3 Å². The molecular weight excluding hydrogens is 298 g/mol. The molecule has 0 aliphatic heterocycles. The third-order valence-electron chi connectivity index (χ3n) is 3.69. The van der Waals surface area contributed by atoms with E-state index in [0.29, 0.717) is 6.54 Å². The van der Waals surface area contributed by atoms with E-state index in [-0.39, 0.29) is 0 Å². The van der Waals surface area contributed by atoms with Crippen LogP contribution in [-0.4, -0.2) is 22.8 Å². The average Bonchev–Trinajstić information content (AvgIpc) is 3.18. The van der Waals surface area contributed by atoms with Gasteiger partial charge in [-0.3, -0.25) is 4.99 Å². The predicted molar refractivity (Wildman–Crippen MR) is 97.0 cm³/mol.